The van der Waals surface area contributed by atoms with E-state index in [0.717, 1.165) is 17.9 Å². The molecule has 1 unspecified atom stereocenters. The van der Waals surface area contributed by atoms with E-state index in [2.05, 4.69) is 13.0 Å². The van der Waals surface area contributed by atoms with Crippen molar-refractivity contribution in [3.05, 3.63) is 23.8 Å². The molecule has 0 aromatic heterocycles. The number of hydrogen-bond donors (Lipinski definition) is 1. The van der Waals surface area contributed by atoms with Gasteiger partial charge in [0.25, 0.3) is 0 Å². The first-order chi connectivity index (χ1) is 7.71. The van der Waals surface area contributed by atoms with Crippen molar-refractivity contribution in [1.82, 2.24) is 0 Å². The van der Waals surface area contributed by atoms with Crippen LogP contribution in [0.15, 0.2) is 18.2 Å². The Bertz CT molecular complexity index is 326. The van der Waals surface area contributed by atoms with Gasteiger partial charge in [-0.3, -0.25) is 0 Å². The van der Waals surface area contributed by atoms with Crippen molar-refractivity contribution < 1.29 is 9.47 Å². The summed E-state index contributed by atoms with van der Waals surface area (Å²) in [6, 6.07) is 6.05. The van der Waals surface area contributed by atoms with E-state index >= 15 is 0 Å². The van der Waals surface area contributed by atoms with E-state index in [1.54, 1.807) is 7.11 Å². The van der Waals surface area contributed by atoms with Crippen LogP contribution in [0.2, 0.25) is 0 Å². The average Bonchev–Trinajstić information content (AvgIpc) is 2.30. The third-order valence-electron chi connectivity index (χ3n) is 2.51. The molecule has 0 saturated heterocycles. The zero-order chi connectivity index (χ0) is 12.0. The highest BCUT2D eigenvalue weighted by Crippen LogP contribution is 2.28. The molecular formula is C13H21NO2. The van der Waals surface area contributed by atoms with Gasteiger partial charge in [0.2, 0.25) is 0 Å². The van der Waals surface area contributed by atoms with E-state index in [-0.39, 0.29) is 0 Å². The SMILES string of the molecule is CCOc1cc(CC(C)CN)ccc1OC. The van der Waals surface area contributed by atoms with Gasteiger partial charge < -0.3 is 15.2 Å². The lowest BCUT2D eigenvalue weighted by Crippen LogP contribution is -2.13. The highest BCUT2D eigenvalue weighted by atomic mass is 16.5. The van der Waals surface area contributed by atoms with E-state index < -0.39 is 0 Å². The van der Waals surface area contributed by atoms with Gasteiger partial charge in [-0.15, -0.1) is 0 Å². The van der Waals surface area contributed by atoms with Crippen LogP contribution in [0.4, 0.5) is 0 Å². The van der Waals surface area contributed by atoms with Crippen LogP contribution in [0.25, 0.3) is 0 Å². The van der Waals surface area contributed by atoms with Gasteiger partial charge in [0.15, 0.2) is 11.5 Å². The average molecular weight is 223 g/mol. The lowest BCUT2D eigenvalue weighted by Gasteiger charge is -2.13. The van der Waals surface area contributed by atoms with Crippen LogP contribution in [-0.2, 0) is 6.42 Å². The fourth-order valence-corrected chi connectivity index (χ4v) is 1.60. The molecule has 3 heteroatoms. The minimum atomic E-state index is 0.489. The summed E-state index contributed by atoms with van der Waals surface area (Å²) in [5.41, 5.74) is 6.85. The number of nitrogens with two attached hydrogens (primary N) is 1. The molecule has 0 heterocycles. The van der Waals surface area contributed by atoms with Crippen molar-refractivity contribution >= 4 is 0 Å². The number of rotatable bonds is 6. The van der Waals surface area contributed by atoms with Gasteiger partial charge >= 0.3 is 0 Å². The Labute approximate surface area is 97.6 Å². The summed E-state index contributed by atoms with van der Waals surface area (Å²) in [6.07, 6.45) is 0.973. The highest BCUT2D eigenvalue weighted by Gasteiger charge is 2.07. The normalized spacial score (nSPS) is 12.2. The standard InChI is InChI=1S/C13H21NO2/c1-4-16-13-8-11(7-10(2)9-14)5-6-12(13)15-3/h5-6,8,10H,4,7,9,14H2,1-3H3. The van der Waals surface area contributed by atoms with Gasteiger partial charge in [0, 0.05) is 0 Å². The molecule has 0 fully saturated rings. The second kappa shape index (κ2) is 6.38. The lowest BCUT2D eigenvalue weighted by molar-refractivity contribution is 0.310. The fraction of sp³-hybridized carbons (Fsp3) is 0.538. The van der Waals surface area contributed by atoms with Crippen molar-refractivity contribution in [3.63, 3.8) is 0 Å². The van der Waals surface area contributed by atoms with E-state index in [4.69, 9.17) is 15.2 Å². The van der Waals surface area contributed by atoms with Gasteiger partial charge in [-0.1, -0.05) is 13.0 Å². The van der Waals surface area contributed by atoms with Crippen molar-refractivity contribution in [2.45, 2.75) is 20.3 Å². The van der Waals surface area contributed by atoms with Crippen LogP contribution in [0.5, 0.6) is 11.5 Å². The molecule has 0 spiro atoms. The van der Waals surface area contributed by atoms with Crippen LogP contribution in [0.3, 0.4) is 0 Å². The molecule has 0 saturated carbocycles. The van der Waals surface area contributed by atoms with Crippen molar-refractivity contribution in [3.8, 4) is 11.5 Å². The van der Waals surface area contributed by atoms with Crippen LogP contribution < -0.4 is 15.2 Å². The van der Waals surface area contributed by atoms with Gasteiger partial charge in [0.05, 0.1) is 13.7 Å². The van der Waals surface area contributed by atoms with Crippen LogP contribution in [0, 0.1) is 5.92 Å². The minimum absolute atomic E-state index is 0.489. The Hall–Kier alpha value is -1.22. The maximum Gasteiger partial charge on any atom is 0.161 e. The molecule has 0 amide bonds. The Kier molecular flexibility index (Phi) is 5.12. The van der Waals surface area contributed by atoms with E-state index in [1.807, 2.05) is 19.1 Å². The molecule has 0 bridgehead atoms. The van der Waals surface area contributed by atoms with Crippen LogP contribution in [-0.4, -0.2) is 20.3 Å². The second-order valence-electron chi connectivity index (χ2n) is 3.96. The predicted octanol–water partition coefficient (Wildman–Crippen LogP) is 2.23. The summed E-state index contributed by atoms with van der Waals surface area (Å²) < 4.78 is 10.8. The largest absolute Gasteiger partial charge is 0.493 e. The van der Waals surface area contributed by atoms with E-state index in [0.29, 0.717) is 19.1 Å². The number of benzene rings is 1. The van der Waals surface area contributed by atoms with Gasteiger partial charge in [0.1, 0.15) is 0 Å². The van der Waals surface area contributed by atoms with Gasteiger partial charge in [-0.2, -0.15) is 0 Å². The first-order valence-corrected chi connectivity index (χ1v) is 5.71. The summed E-state index contributed by atoms with van der Waals surface area (Å²) in [7, 11) is 1.65. The van der Waals surface area contributed by atoms with Crippen molar-refractivity contribution in [1.29, 1.82) is 0 Å². The first kappa shape index (κ1) is 12.8. The molecule has 1 aromatic carbocycles. The van der Waals surface area contributed by atoms with Crippen molar-refractivity contribution in [2.24, 2.45) is 11.7 Å². The van der Waals surface area contributed by atoms with Gasteiger partial charge in [-0.05, 0) is 43.5 Å². The summed E-state index contributed by atoms with van der Waals surface area (Å²) >= 11 is 0. The van der Waals surface area contributed by atoms with Crippen LogP contribution in [0.1, 0.15) is 19.4 Å². The lowest BCUT2D eigenvalue weighted by atomic mass is 10.0. The Balaban J connectivity index is 2.84. The quantitative estimate of drug-likeness (QED) is 0.804. The van der Waals surface area contributed by atoms with Gasteiger partial charge in [-0.25, -0.2) is 0 Å². The predicted molar refractivity (Wildman–Crippen MR) is 66.1 cm³/mol. The zero-order valence-electron chi connectivity index (χ0n) is 10.3. The molecule has 0 aliphatic rings. The molecule has 2 N–H and O–H groups in total. The van der Waals surface area contributed by atoms with E-state index in [9.17, 15) is 0 Å². The third-order valence-corrected chi connectivity index (χ3v) is 2.51. The van der Waals surface area contributed by atoms with E-state index in [1.165, 1.54) is 5.56 Å². The number of ether oxygens (including phenoxy) is 2. The summed E-state index contributed by atoms with van der Waals surface area (Å²) in [5, 5.41) is 0. The second-order valence-corrected chi connectivity index (χ2v) is 3.96. The maximum absolute atomic E-state index is 5.62. The molecule has 90 valence electrons. The number of hydrogen-bond acceptors (Lipinski definition) is 3. The molecule has 0 aliphatic carbocycles. The summed E-state index contributed by atoms with van der Waals surface area (Å²) in [6.45, 7) is 5.46. The molecule has 3 nitrogen and oxygen atoms in total. The summed E-state index contributed by atoms with van der Waals surface area (Å²) in [4.78, 5) is 0. The Morgan fingerprint density at radius 1 is 1.31 bits per heavy atom. The zero-order valence-corrected chi connectivity index (χ0v) is 10.3. The Morgan fingerprint density at radius 3 is 2.62 bits per heavy atom. The highest BCUT2D eigenvalue weighted by molar-refractivity contribution is 5.43. The topological polar surface area (TPSA) is 44.5 Å². The molecule has 1 rings (SSSR count). The molecular weight excluding hydrogens is 202 g/mol. The third kappa shape index (κ3) is 3.42. The molecule has 1 aromatic rings. The molecule has 0 aliphatic heterocycles. The Morgan fingerprint density at radius 2 is 2.06 bits per heavy atom. The first-order valence-electron chi connectivity index (χ1n) is 5.71. The summed E-state index contributed by atoms with van der Waals surface area (Å²) in [5.74, 6) is 2.08. The minimum Gasteiger partial charge on any atom is -0.493 e. The van der Waals surface area contributed by atoms with Crippen molar-refractivity contribution in [2.75, 3.05) is 20.3 Å². The molecule has 16 heavy (non-hydrogen) atoms. The monoisotopic (exact) mass is 223 g/mol. The van der Waals surface area contributed by atoms with Crippen LogP contribution >= 0.6 is 0 Å². The fourth-order valence-electron chi connectivity index (χ4n) is 1.60. The number of methoxy groups -OCH3 is 1. The smallest absolute Gasteiger partial charge is 0.161 e. The molecule has 0 radical (unpaired) electrons. The molecule has 1 atom stereocenters. The maximum atomic E-state index is 5.62.